The monoisotopic (exact) mass is 559 g/mol. The Labute approximate surface area is 211 Å². The summed E-state index contributed by atoms with van der Waals surface area (Å²) in [5.74, 6) is 1.73. The van der Waals surface area contributed by atoms with Gasteiger partial charge in [0.25, 0.3) is 0 Å². The van der Waals surface area contributed by atoms with Crippen molar-refractivity contribution in [3.63, 3.8) is 0 Å². The molecule has 3 heterocycles. The van der Waals surface area contributed by atoms with Crippen LogP contribution in [0, 0.1) is 13.8 Å². The minimum absolute atomic E-state index is 0. The summed E-state index contributed by atoms with van der Waals surface area (Å²) in [6.45, 7) is 6.06. The lowest BCUT2D eigenvalue weighted by Gasteiger charge is -2.16. The lowest BCUT2D eigenvalue weighted by Crippen LogP contribution is -2.36. The summed E-state index contributed by atoms with van der Waals surface area (Å²) < 4.78 is 1.85. The minimum atomic E-state index is 0. The van der Waals surface area contributed by atoms with Gasteiger partial charge in [0.2, 0.25) is 5.91 Å². The number of carbonyl (C=O) groups excluding carboxylic acids is 1. The number of benzene rings is 1. The number of hydrogen-bond donors (Lipinski definition) is 2. The van der Waals surface area contributed by atoms with Gasteiger partial charge in [0.05, 0.1) is 5.69 Å². The summed E-state index contributed by atoms with van der Waals surface area (Å²) >= 11 is 0. The molecule has 8 nitrogen and oxygen atoms in total. The van der Waals surface area contributed by atoms with Crippen LogP contribution in [0.1, 0.15) is 35.4 Å². The Bertz CT molecular complexity index is 1110. The number of aliphatic imine (C=N–C) groups is 1. The van der Waals surface area contributed by atoms with Crippen LogP contribution in [0.2, 0.25) is 0 Å². The summed E-state index contributed by atoms with van der Waals surface area (Å²) in [7, 11) is 1.75. The Morgan fingerprint density at radius 1 is 1.06 bits per heavy atom. The molecular weight excluding hydrogens is 529 g/mol. The van der Waals surface area contributed by atoms with Gasteiger partial charge in [-0.25, -0.2) is 9.67 Å². The van der Waals surface area contributed by atoms with E-state index in [1.807, 2.05) is 72.1 Å². The van der Waals surface area contributed by atoms with Crippen LogP contribution in [0.4, 0.5) is 5.69 Å². The second-order valence-electron chi connectivity index (χ2n) is 7.96. The van der Waals surface area contributed by atoms with Crippen LogP contribution in [-0.4, -0.2) is 40.2 Å². The fourth-order valence-electron chi connectivity index (χ4n) is 3.81. The molecule has 1 saturated heterocycles. The minimum Gasteiger partial charge on any atom is -0.352 e. The molecule has 0 spiro atoms. The fourth-order valence-corrected chi connectivity index (χ4v) is 3.81. The van der Waals surface area contributed by atoms with Gasteiger partial charge in [0.1, 0.15) is 0 Å². The van der Waals surface area contributed by atoms with Gasteiger partial charge < -0.3 is 15.5 Å². The Kier molecular flexibility index (Phi) is 8.43. The average Bonchev–Trinajstić information content (AvgIpc) is 3.39. The third kappa shape index (κ3) is 6.10. The van der Waals surface area contributed by atoms with Gasteiger partial charge in [-0.2, -0.15) is 5.10 Å². The number of aromatic nitrogens is 3. The van der Waals surface area contributed by atoms with E-state index in [0.29, 0.717) is 25.5 Å². The van der Waals surface area contributed by atoms with E-state index in [2.05, 4.69) is 25.7 Å². The number of rotatable bonds is 6. The van der Waals surface area contributed by atoms with E-state index in [1.54, 1.807) is 7.05 Å². The highest BCUT2D eigenvalue weighted by atomic mass is 127. The molecule has 1 aromatic carbocycles. The van der Waals surface area contributed by atoms with E-state index in [4.69, 9.17) is 0 Å². The molecule has 2 N–H and O–H groups in total. The molecule has 0 radical (unpaired) electrons. The molecule has 174 valence electrons. The average molecular weight is 559 g/mol. The van der Waals surface area contributed by atoms with Crippen molar-refractivity contribution < 1.29 is 4.79 Å². The summed E-state index contributed by atoms with van der Waals surface area (Å²) in [6.07, 6.45) is 3.43. The van der Waals surface area contributed by atoms with Crippen molar-refractivity contribution in [1.82, 2.24) is 25.4 Å². The Balaban J connectivity index is 0.00000306. The number of amides is 1. The molecular formula is C24H30IN7O. The van der Waals surface area contributed by atoms with Crippen molar-refractivity contribution in [2.24, 2.45) is 4.99 Å². The van der Waals surface area contributed by atoms with E-state index in [-0.39, 0.29) is 29.9 Å². The molecule has 1 fully saturated rings. The van der Waals surface area contributed by atoms with Crippen molar-refractivity contribution in [1.29, 1.82) is 0 Å². The normalized spacial score (nSPS) is 13.7. The van der Waals surface area contributed by atoms with E-state index < -0.39 is 0 Å². The number of nitrogens with one attached hydrogen (secondary N) is 2. The number of anilines is 1. The first kappa shape index (κ1) is 24.7. The summed E-state index contributed by atoms with van der Waals surface area (Å²) in [4.78, 5) is 22.6. The first-order chi connectivity index (χ1) is 15.5. The van der Waals surface area contributed by atoms with Crippen LogP contribution >= 0.6 is 24.0 Å². The molecule has 0 atom stereocenters. The molecule has 9 heteroatoms. The van der Waals surface area contributed by atoms with Gasteiger partial charge in [0, 0.05) is 50.7 Å². The highest BCUT2D eigenvalue weighted by molar-refractivity contribution is 14.0. The second-order valence-corrected chi connectivity index (χ2v) is 7.96. The zero-order valence-corrected chi connectivity index (χ0v) is 21.5. The standard InChI is InChI=1S/C24H29N7O.HI/c1-17-13-18(2)31(29-17)22-11-8-20(15-26-22)16-28-24(25-3)27-14-19-6-9-21(10-7-19)30-12-4-5-23(30)32;/h6-11,13,15H,4-5,12,14,16H2,1-3H3,(H2,25,27,28);1H. The largest absolute Gasteiger partial charge is 0.352 e. The molecule has 0 bridgehead atoms. The van der Waals surface area contributed by atoms with Gasteiger partial charge in [0.15, 0.2) is 11.8 Å². The van der Waals surface area contributed by atoms with Crippen LogP contribution in [0.3, 0.4) is 0 Å². The number of carbonyl (C=O) groups is 1. The number of hydrogen-bond acceptors (Lipinski definition) is 4. The van der Waals surface area contributed by atoms with Crippen molar-refractivity contribution in [3.05, 3.63) is 71.2 Å². The number of halogens is 1. The molecule has 4 rings (SSSR count). The van der Waals surface area contributed by atoms with Crippen LogP contribution in [-0.2, 0) is 17.9 Å². The topological polar surface area (TPSA) is 87.4 Å². The number of guanidine groups is 1. The Morgan fingerprint density at radius 2 is 1.76 bits per heavy atom. The van der Waals surface area contributed by atoms with Gasteiger partial charge in [-0.05, 0) is 55.7 Å². The smallest absolute Gasteiger partial charge is 0.227 e. The molecule has 3 aromatic rings. The van der Waals surface area contributed by atoms with Crippen molar-refractivity contribution in [2.75, 3.05) is 18.5 Å². The quantitative estimate of drug-likeness (QED) is 0.275. The van der Waals surface area contributed by atoms with Crippen molar-refractivity contribution in [2.45, 2.75) is 39.8 Å². The molecule has 1 amide bonds. The van der Waals surface area contributed by atoms with Crippen molar-refractivity contribution >= 4 is 41.5 Å². The molecule has 0 unspecified atom stereocenters. The van der Waals surface area contributed by atoms with E-state index in [1.165, 1.54) is 0 Å². The summed E-state index contributed by atoms with van der Waals surface area (Å²) in [5.41, 5.74) is 5.18. The summed E-state index contributed by atoms with van der Waals surface area (Å²) in [5, 5.41) is 11.1. The Morgan fingerprint density at radius 3 is 2.30 bits per heavy atom. The summed E-state index contributed by atoms with van der Waals surface area (Å²) in [6, 6.07) is 14.1. The maximum absolute atomic E-state index is 11.9. The number of nitrogens with zero attached hydrogens (tertiary/aromatic N) is 5. The molecule has 0 aliphatic carbocycles. The highest BCUT2D eigenvalue weighted by Crippen LogP contribution is 2.21. The number of aryl methyl sites for hydroxylation is 2. The lowest BCUT2D eigenvalue weighted by molar-refractivity contribution is -0.117. The van der Waals surface area contributed by atoms with Gasteiger partial charge in [-0.3, -0.25) is 9.79 Å². The third-order valence-electron chi connectivity index (χ3n) is 5.50. The first-order valence-corrected chi connectivity index (χ1v) is 10.9. The van der Waals surface area contributed by atoms with Crippen LogP contribution in [0.25, 0.3) is 5.82 Å². The van der Waals surface area contributed by atoms with E-state index >= 15 is 0 Å². The number of pyridine rings is 1. The van der Waals surface area contributed by atoms with E-state index in [0.717, 1.165) is 47.0 Å². The maximum atomic E-state index is 11.9. The third-order valence-corrected chi connectivity index (χ3v) is 5.50. The van der Waals surface area contributed by atoms with Crippen molar-refractivity contribution in [3.8, 4) is 5.82 Å². The molecule has 1 aliphatic rings. The maximum Gasteiger partial charge on any atom is 0.227 e. The van der Waals surface area contributed by atoms with Gasteiger partial charge >= 0.3 is 0 Å². The predicted molar refractivity (Wildman–Crippen MR) is 141 cm³/mol. The predicted octanol–water partition coefficient (Wildman–Crippen LogP) is 3.49. The molecule has 33 heavy (non-hydrogen) atoms. The second kappa shape index (κ2) is 11.3. The fraction of sp³-hybridized carbons (Fsp3) is 0.333. The van der Waals surface area contributed by atoms with Crippen LogP contribution < -0.4 is 15.5 Å². The highest BCUT2D eigenvalue weighted by Gasteiger charge is 2.21. The lowest BCUT2D eigenvalue weighted by atomic mass is 10.2. The van der Waals surface area contributed by atoms with E-state index in [9.17, 15) is 4.79 Å². The molecule has 0 saturated carbocycles. The van der Waals surface area contributed by atoms with Crippen LogP contribution in [0.15, 0.2) is 53.7 Å². The zero-order valence-electron chi connectivity index (χ0n) is 19.2. The van der Waals surface area contributed by atoms with Crippen LogP contribution in [0.5, 0.6) is 0 Å². The molecule has 1 aliphatic heterocycles. The Hall–Kier alpha value is -2.95. The van der Waals surface area contributed by atoms with Gasteiger partial charge in [-0.1, -0.05) is 18.2 Å². The first-order valence-electron chi connectivity index (χ1n) is 10.9. The molecule has 2 aromatic heterocycles. The zero-order chi connectivity index (χ0) is 22.5. The van der Waals surface area contributed by atoms with Gasteiger partial charge in [-0.15, -0.1) is 24.0 Å². The SMILES string of the molecule is CN=C(NCc1ccc(N2CCCC2=O)cc1)NCc1ccc(-n2nc(C)cc2C)nc1.I.